The molecular formula is C24H22ClN3O5S. The lowest BCUT2D eigenvalue weighted by atomic mass is 10.1. The molecule has 0 spiro atoms. The molecule has 1 N–H and O–H groups in total. The molecule has 0 saturated heterocycles. The van der Waals surface area contributed by atoms with E-state index in [4.69, 9.17) is 21.1 Å². The van der Waals surface area contributed by atoms with E-state index < -0.39 is 17.2 Å². The Balaban J connectivity index is 1.78. The summed E-state index contributed by atoms with van der Waals surface area (Å²) in [5.41, 5.74) is 2.00. The van der Waals surface area contributed by atoms with Crippen molar-refractivity contribution in [2.75, 3.05) is 19.5 Å². The summed E-state index contributed by atoms with van der Waals surface area (Å²) in [4.78, 5) is 39.6. The van der Waals surface area contributed by atoms with Crippen LogP contribution in [-0.2, 0) is 11.3 Å². The van der Waals surface area contributed by atoms with E-state index in [0.29, 0.717) is 38.1 Å². The maximum atomic E-state index is 13.5. The molecule has 10 heteroatoms. The van der Waals surface area contributed by atoms with Crippen molar-refractivity contribution in [3.8, 4) is 17.2 Å². The molecule has 2 aromatic carbocycles. The standard InChI is InChI=1S/C24H22ClN3O5S/c1-13-7-14(2)9-15(8-13)28-23(30)22-18(5-6-34-22)27(24(28)31)12-21(29)26-17-10-16(25)19(32-3)11-20(17)33-4/h5-11H,12H2,1-4H3,(H,26,29). The predicted molar refractivity (Wildman–Crippen MR) is 134 cm³/mol. The number of hydrogen-bond acceptors (Lipinski definition) is 6. The summed E-state index contributed by atoms with van der Waals surface area (Å²) in [6, 6.07) is 10.2. The van der Waals surface area contributed by atoms with Crippen molar-refractivity contribution < 1.29 is 14.3 Å². The minimum absolute atomic E-state index is 0.291. The summed E-state index contributed by atoms with van der Waals surface area (Å²) < 4.78 is 13.3. The van der Waals surface area contributed by atoms with Gasteiger partial charge in [-0.15, -0.1) is 11.3 Å². The predicted octanol–water partition coefficient (Wildman–Crippen LogP) is 4.14. The molecule has 0 fully saturated rings. The number of rotatable bonds is 6. The summed E-state index contributed by atoms with van der Waals surface area (Å²) in [6.07, 6.45) is 0. The van der Waals surface area contributed by atoms with Crippen molar-refractivity contribution >= 4 is 44.7 Å². The van der Waals surface area contributed by atoms with Gasteiger partial charge in [-0.3, -0.25) is 14.2 Å². The molecule has 4 rings (SSSR count). The van der Waals surface area contributed by atoms with Crippen LogP contribution in [0.4, 0.5) is 5.69 Å². The Labute approximate surface area is 203 Å². The third-order valence-electron chi connectivity index (χ3n) is 5.27. The summed E-state index contributed by atoms with van der Waals surface area (Å²) in [6.45, 7) is 3.47. The number of fused-ring (bicyclic) bond motifs is 1. The molecule has 4 aromatic rings. The van der Waals surface area contributed by atoms with Crippen molar-refractivity contribution in [2.45, 2.75) is 20.4 Å². The van der Waals surface area contributed by atoms with Gasteiger partial charge in [-0.2, -0.15) is 0 Å². The molecule has 8 nitrogen and oxygen atoms in total. The fourth-order valence-electron chi connectivity index (χ4n) is 3.84. The minimum Gasteiger partial charge on any atom is -0.495 e. The number of halogens is 1. The Kier molecular flexibility index (Phi) is 6.49. The number of aromatic nitrogens is 2. The summed E-state index contributed by atoms with van der Waals surface area (Å²) in [5.74, 6) is 0.260. The SMILES string of the molecule is COc1cc(OC)c(NC(=O)Cn2c(=O)n(-c3cc(C)cc(C)c3)c(=O)c3sccc32)cc1Cl. The van der Waals surface area contributed by atoms with Gasteiger partial charge in [0, 0.05) is 6.07 Å². The Morgan fingerprint density at radius 1 is 1.03 bits per heavy atom. The van der Waals surface area contributed by atoms with Crippen LogP contribution < -0.4 is 26.0 Å². The number of amides is 1. The van der Waals surface area contributed by atoms with Crippen LogP contribution in [0.1, 0.15) is 11.1 Å². The van der Waals surface area contributed by atoms with Crippen LogP contribution in [0.15, 0.2) is 51.4 Å². The lowest BCUT2D eigenvalue weighted by molar-refractivity contribution is -0.116. The van der Waals surface area contributed by atoms with Gasteiger partial charge in [0.2, 0.25) is 5.91 Å². The Hall–Kier alpha value is -3.56. The van der Waals surface area contributed by atoms with Gasteiger partial charge in [-0.1, -0.05) is 17.7 Å². The zero-order chi connectivity index (χ0) is 24.6. The zero-order valence-corrected chi connectivity index (χ0v) is 20.5. The number of nitrogens with zero attached hydrogens (tertiary/aromatic N) is 2. The number of nitrogens with one attached hydrogen (secondary N) is 1. The van der Waals surface area contributed by atoms with Crippen molar-refractivity contribution in [2.24, 2.45) is 0 Å². The Bertz CT molecular complexity index is 1520. The fraction of sp³-hybridized carbons (Fsp3) is 0.208. The number of methoxy groups -OCH3 is 2. The van der Waals surface area contributed by atoms with Crippen molar-refractivity contribution in [3.63, 3.8) is 0 Å². The van der Waals surface area contributed by atoms with Gasteiger partial charge in [0.25, 0.3) is 5.56 Å². The molecule has 176 valence electrons. The molecule has 2 aromatic heterocycles. The van der Waals surface area contributed by atoms with E-state index in [1.165, 1.54) is 36.2 Å². The molecule has 0 aliphatic heterocycles. The maximum absolute atomic E-state index is 13.5. The van der Waals surface area contributed by atoms with Crippen LogP contribution in [0.5, 0.6) is 11.5 Å². The molecular weight excluding hydrogens is 478 g/mol. The molecule has 0 atom stereocenters. The fourth-order valence-corrected chi connectivity index (χ4v) is 4.90. The van der Waals surface area contributed by atoms with Gasteiger partial charge in [-0.25, -0.2) is 9.36 Å². The van der Waals surface area contributed by atoms with Crippen LogP contribution in [0, 0.1) is 13.8 Å². The number of anilines is 1. The van der Waals surface area contributed by atoms with E-state index in [2.05, 4.69) is 5.32 Å². The number of ether oxygens (including phenoxy) is 2. The third kappa shape index (κ3) is 4.32. The second-order valence-corrected chi connectivity index (χ2v) is 9.05. The highest BCUT2D eigenvalue weighted by atomic mass is 35.5. The number of aryl methyl sites for hydroxylation is 2. The third-order valence-corrected chi connectivity index (χ3v) is 6.46. The van der Waals surface area contributed by atoms with Gasteiger partial charge in [0.05, 0.1) is 36.1 Å². The molecule has 0 aliphatic rings. The van der Waals surface area contributed by atoms with Crippen LogP contribution >= 0.6 is 22.9 Å². The zero-order valence-electron chi connectivity index (χ0n) is 19.0. The quantitative estimate of drug-likeness (QED) is 0.430. The Morgan fingerprint density at radius 3 is 2.35 bits per heavy atom. The Morgan fingerprint density at radius 2 is 1.71 bits per heavy atom. The van der Waals surface area contributed by atoms with Gasteiger partial charge >= 0.3 is 5.69 Å². The second-order valence-electron chi connectivity index (χ2n) is 7.73. The summed E-state index contributed by atoms with van der Waals surface area (Å²) in [5, 5.41) is 4.74. The molecule has 0 saturated carbocycles. The first-order valence-electron chi connectivity index (χ1n) is 10.3. The van der Waals surface area contributed by atoms with E-state index in [9.17, 15) is 14.4 Å². The molecule has 0 unspecified atom stereocenters. The van der Waals surface area contributed by atoms with E-state index in [-0.39, 0.29) is 6.54 Å². The van der Waals surface area contributed by atoms with E-state index in [1.807, 2.05) is 19.9 Å². The first-order chi connectivity index (χ1) is 16.2. The molecule has 0 bridgehead atoms. The van der Waals surface area contributed by atoms with Gasteiger partial charge in [0.1, 0.15) is 22.7 Å². The summed E-state index contributed by atoms with van der Waals surface area (Å²) >= 11 is 7.42. The van der Waals surface area contributed by atoms with Crippen molar-refractivity contribution in [1.29, 1.82) is 0 Å². The maximum Gasteiger partial charge on any atom is 0.336 e. The largest absolute Gasteiger partial charge is 0.495 e. The number of carbonyl (C=O) groups is 1. The average molecular weight is 500 g/mol. The van der Waals surface area contributed by atoms with Gasteiger partial charge in [0.15, 0.2) is 0 Å². The van der Waals surface area contributed by atoms with Gasteiger partial charge in [-0.05, 0) is 54.6 Å². The highest BCUT2D eigenvalue weighted by Gasteiger charge is 2.19. The minimum atomic E-state index is -0.601. The molecule has 0 aliphatic carbocycles. The average Bonchev–Trinajstić information content (AvgIpc) is 3.26. The smallest absolute Gasteiger partial charge is 0.336 e. The van der Waals surface area contributed by atoms with Crippen LogP contribution in [0.25, 0.3) is 15.9 Å². The highest BCUT2D eigenvalue weighted by molar-refractivity contribution is 7.17. The molecule has 2 heterocycles. The summed E-state index contributed by atoms with van der Waals surface area (Å²) in [7, 11) is 2.93. The van der Waals surface area contributed by atoms with E-state index >= 15 is 0 Å². The monoisotopic (exact) mass is 499 g/mol. The lowest BCUT2D eigenvalue weighted by Crippen LogP contribution is -2.40. The number of hydrogen-bond donors (Lipinski definition) is 1. The molecule has 0 radical (unpaired) electrons. The second kappa shape index (κ2) is 9.36. The van der Waals surface area contributed by atoms with Crippen molar-refractivity contribution in [3.05, 3.63) is 78.8 Å². The topological polar surface area (TPSA) is 91.6 Å². The number of thiophene rings is 1. The van der Waals surface area contributed by atoms with E-state index in [0.717, 1.165) is 15.7 Å². The van der Waals surface area contributed by atoms with Crippen LogP contribution in [0.3, 0.4) is 0 Å². The van der Waals surface area contributed by atoms with E-state index in [1.54, 1.807) is 29.6 Å². The van der Waals surface area contributed by atoms with Crippen molar-refractivity contribution in [1.82, 2.24) is 9.13 Å². The van der Waals surface area contributed by atoms with Crippen LogP contribution in [-0.4, -0.2) is 29.3 Å². The lowest BCUT2D eigenvalue weighted by Gasteiger charge is -2.15. The first kappa shape index (κ1) is 23.6. The molecule has 1 amide bonds. The normalized spacial score (nSPS) is 11.0. The highest BCUT2D eigenvalue weighted by Crippen LogP contribution is 2.35. The number of carbonyl (C=O) groups excluding carboxylic acids is 1. The van der Waals surface area contributed by atoms with Gasteiger partial charge < -0.3 is 14.8 Å². The van der Waals surface area contributed by atoms with Crippen LogP contribution in [0.2, 0.25) is 5.02 Å². The molecule has 34 heavy (non-hydrogen) atoms. The first-order valence-corrected chi connectivity index (χ1v) is 11.5. The number of benzene rings is 2.